The number of carbonyl (C=O) groups excluding carboxylic acids is 2. The summed E-state index contributed by atoms with van der Waals surface area (Å²) in [4.78, 5) is 31.3. The number of hydrogen-bond acceptors (Lipinski definition) is 5. The lowest BCUT2D eigenvalue weighted by atomic mass is 10.0. The predicted octanol–water partition coefficient (Wildman–Crippen LogP) is 2.22. The second-order valence-electron chi connectivity index (χ2n) is 7.06. The molecule has 2 aromatic rings. The first kappa shape index (κ1) is 17.8. The molecule has 1 unspecified atom stereocenters. The molecule has 1 aromatic heterocycles. The molecule has 6 nitrogen and oxygen atoms in total. The molecule has 1 fully saturated rings. The van der Waals surface area contributed by atoms with Crippen LogP contribution < -0.4 is 10.2 Å². The van der Waals surface area contributed by atoms with Gasteiger partial charge in [-0.25, -0.2) is 0 Å². The molecular formula is C21H23N3O3. The van der Waals surface area contributed by atoms with Crippen molar-refractivity contribution in [2.75, 3.05) is 24.7 Å². The highest BCUT2D eigenvalue weighted by molar-refractivity contribution is 6.17. The van der Waals surface area contributed by atoms with Crippen LogP contribution in [-0.4, -0.2) is 48.5 Å². The van der Waals surface area contributed by atoms with E-state index in [1.54, 1.807) is 18.0 Å². The number of nitrogens with one attached hydrogen (secondary N) is 1. The van der Waals surface area contributed by atoms with Gasteiger partial charge < -0.3 is 10.1 Å². The number of benzene rings is 1. The van der Waals surface area contributed by atoms with Gasteiger partial charge in [0, 0.05) is 11.8 Å². The first-order valence-corrected chi connectivity index (χ1v) is 9.35. The molecule has 27 heavy (non-hydrogen) atoms. The smallest absolute Gasteiger partial charge is 0.241 e. The second-order valence-corrected chi connectivity index (χ2v) is 7.06. The largest absolute Gasteiger partial charge is 0.378 e. The lowest BCUT2D eigenvalue weighted by Gasteiger charge is -2.28. The number of rotatable bonds is 5. The standard InChI is InChI=1S/C21H23N3O3/c1-3-14-5-4-6-15(7-14)16-8-18-20(23-9-16)21(26)13(2)24(18)19(25)10-22-17-11-27-12-17/h4-9,13,17,22H,3,10-12H2,1-2H3. The quantitative estimate of drug-likeness (QED) is 0.880. The number of aryl methyl sites for hydroxylation is 1. The number of carbonyl (C=O) groups is 2. The van der Waals surface area contributed by atoms with Crippen molar-refractivity contribution in [3.05, 3.63) is 47.8 Å². The Hall–Kier alpha value is -2.57. The fourth-order valence-corrected chi connectivity index (χ4v) is 3.50. The Morgan fingerprint density at radius 2 is 2.11 bits per heavy atom. The number of aromatic nitrogens is 1. The molecular weight excluding hydrogens is 342 g/mol. The van der Waals surface area contributed by atoms with Crippen molar-refractivity contribution < 1.29 is 14.3 Å². The molecule has 1 amide bonds. The van der Waals surface area contributed by atoms with Crippen molar-refractivity contribution >= 4 is 17.4 Å². The number of fused-ring (bicyclic) bond motifs is 1. The van der Waals surface area contributed by atoms with E-state index in [1.807, 2.05) is 18.2 Å². The Morgan fingerprint density at radius 1 is 1.30 bits per heavy atom. The molecule has 3 heterocycles. The van der Waals surface area contributed by atoms with E-state index in [-0.39, 0.29) is 24.3 Å². The van der Waals surface area contributed by atoms with Crippen LogP contribution in [0.2, 0.25) is 0 Å². The second kappa shape index (κ2) is 7.21. The summed E-state index contributed by atoms with van der Waals surface area (Å²) in [6, 6.07) is 9.83. The SMILES string of the molecule is CCc1cccc(-c2cnc3c(c2)N(C(=O)CNC2COC2)C(C)C3=O)c1. The minimum Gasteiger partial charge on any atom is -0.378 e. The van der Waals surface area contributed by atoms with Crippen LogP contribution in [0.25, 0.3) is 11.1 Å². The number of amides is 1. The molecule has 0 saturated carbocycles. The van der Waals surface area contributed by atoms with Crippen LogP contribution in [0, 0.1) is 0 Å². The molecule has 0 radical (unpaired) electrons. The summed E-state index contributed by atoms with van der Waals surface area (Å²) in [5, 5.41) is 3.18. The molecule has 1 saturated heterocycles. The molecule has 1 atom stereocenters. The third kappa shape index (κ3) is 3.26. The lowest BCUT2D eigenvalue weighted by molar-refractivity contribution is -0.118. The average Bonchev–Trinajstić information content (AvgIpc) is 2.90. The van der Waals surface area contributed by atoms with Crippen molar-refractivity contribution in [1.29, 1.82) is 0 Å². The van der Waals surface area contributed by atoms with Crippen LogP contribution >= 0.6 is 0 Å². The van der Waals surface area contributed by atoms with Gasteiger partial charge in [0.25, 0.3) is 0 Å². The number of nitrogens with zero attached hydrogens (tertiary/aromatic N) is 2. The summed E-state index contributed by atoms with van der Waals surface area (Å²) < 4.78 is 5.12. The van der Waals surface area contributed by atoms with Crippen molar-refractivity contribution in [2.45, 2.75) is 32.4 Å². The predicted molar refractivity (Wildman–Crippen MR) is 103 cm³/mol. The Balaban J connectivity index is 1.64. The van der Waals surface area contributed by atoms with E-state index >= 15 is 0 Å². The zero-order chi connectivity index (χ0) is 19.0. The van der Waals surface area contributed by atoms with E-state index in [4.69, 9.17) is 4.74 Å². The van der Waals surface area contributed by atoms with Crippen LogP contribution in [0.4, 0.5) is 5.69 Å². The maximum Gasteiger partial charge on any atom is 0.241 e. The van der Waals surface area contributed by atoms with Gasteiger partial charge in [0.15, 0.2) is 0 Å². The number of ether oxygens (including phenoxy) is 1. The van der Waals surface area contributed by atoms with E-state index in [0.29, 0.717) is 24.6 Å². The van der Waals surface area contributed by atoms with Gasteiger partial charge in [-0.2, -0.15) is 0 Å². The third-order valence-electron chi connectivity index (χ3n) is 5.24. The third-order valence-corrected chi connectivity index (χ3v) is 5.24. The van der Waals surface area contributed by atoms with Crippen molar-refractivity contribution in [1.82, 2.24) is 10.3 Å². The molecule has 0 spiro atoms. The summed E-state index contributed by atoms with van der Waals surface area (Å²) >= 11 is 0. The number of hydrogen-bond donors (Lipinski definition) is 1. The maximum absolute atomic E-state index is 12.8. The molecule has 2 aliphatic rings. The van der Waals surface area contributed by atoms with Crippen LogP contribution in [0.3, 0.4) is 0 Å². The lowest BCUT2D eigenvalue weighted by Crippen LogP contribution is -2.51. The van der Waals surface area contributed by atoms with Crippen LogP contribution in [-0.2, 0) is 16.0 Å². The molecule has 1 N–H and O–H groups in total. The van der Waals surface area contributed by atoms with E-state index in [9.17, 15) is 9.59 Å². The minimum absolute atomic E-state index is 0.112. The molecule has 0 aliphatic carbocycles. The average molecular weight is 365 g/mol. The monoisotopic (exact) mass is 365 g/mol. The van der Waals surface area contributed by atoms with E-state index in [1.165, 1.54) is 5.56 Å². The fraction of sp³-hybridized carbons (Fsp3) is 0.381. The number of pyridine rings is 1. The molecule has 2 aliphatic heterocycles. The molecule has 0 bridgehead atoms. The minimum atomic E-state index is -0.531. The number of ketones is 1. The van der Waals surface area contributed by atoms with E-state index in [2.05, 4.69) is 29.4 Å². The fourth-order valence-electron chi connectivity index (χ4n) is 3.50. The zero-order valence-corrected chi connectivity index (χ0v) is 15.6. The van der Waals surface area contributed by atoms with Crippen LogP contribution in [0.5, 0.6) is 0 Å². The highest BCUT2D eigenvalue weighted by atomic mass is 16.5. The number of Topliss-reactive ketones (excluding diaryl/α,β-unsaturated/α-hetero) is 1. The molecule has 140 valence electrons. The Kier molecular flexibility index (Phi) is 4.76. The van der Waals surface area contributed by atoms with Crippen LogP contribution in [0.1, 0.15) is 29.9 Å². The van der Waals surface area contributed by atoms with Crippen molar-refractivity contribution in [3.8, 4) is 11.1 Å². The topological polar surface area (TPSA) is 71.5 Å². The highest BCUT2D eigenvalue weighted by Gasteiger charge is 2.39. The van der Waals surface area contributed by atoms with E-state index in [0.717, 1.165) is 17.5 Å². The van der Waals surface area contributed by atoms with Gasteiger partial charge in [0.05, 0.1) is 37.5 Å². The summed E-state index contributed by atoms with van der Waals surface area (Å²) in [5.41, 5.74) is 4.15. The van der Waals surface area contributed by atoms with Gasteiger partial charge in [-0.1, -0.05) is 31.2 Å². The van der Waals surface area contributed by atoms with Gasteiger partial charge in [-0.05, 0) is 30.5 Å². The highest BCUT2D eigenvalue weighted by Crippen LogP contribution is 2.34. The van der Waals surface area contributed by atoms with Gasteiger partial charge in [0.2, 0.25) is 11.7 Å². The van der Waals surface area contributed by atoms with Crippen molar-refractivity contribution in [2.24, 2.45) is 0 Å². The van der Waals surface area contributed by atoms with Crippen molar-refractivity contribution in [3.63, 3.8) is 0 Å². The molecule has 1 aromatic carbocycles. The maximum atomic E-state index is 12.8. The molecule has 6 heteroatoms. The van der Waals surface area contributed by atoms with Gasteiger partial charge in [0.1, 0.15) is 5.69 Å². The first-order valence-electron chi connectivity index (χ1n) is 9.35. The zero-order valence-electron chi connectivity index (χ0n) is 15.6. The first-order chi connectivity index (χ1) is 13.1. The normalized spacial score (nSPS) is 19.1. The summed E-state index contributed by atoms with van der Waals surface area (Å²) in [7, 11) is 0. The summed E-state index contributed by atoms with van der Waals surface area (Å²) in [5.74, 6) is -0.234. The Labute approximate surface area is 158 Å². The van der Waals surface area contributed by atoms with Gasteiger partial charge >= 0.3 is 0 Å². The van der Waals surface area contributed by atoms with Crippen LogP contribution in [0.15, 0.2) is 36.5 Å². The summed E-state index contributed by atoms with van der Waals surface area (Å²) in [6.45, 7) is 5.29. The molecule has 4 rings (SSSR count). The number of anilines is 1. The van der Waals surface area contributed by atoms with Gasteiger partial charge in [-0.3, -0.25) is 19.5 Å². The van der Waals surface area contributed by atoms with E-state index < -0.39 is 6.04 Å². The van der Waals surface area contributed by atoms with Gasteiger partial charge in [-0.15, -0.1) is 0 Å². The Morgan fingerprint density at radius 3 is 2.81 bits per heavy atom. The summed E-state index contributed by atoms with van der Waals surface area (Å²) in [6.07, 6.45) is 2.67. The Bertz CT molecular complexity index is 892.